The van der Waals surface area contributed by atoms with Crippen molar-refractivity contribution in [3.05, 3.63) is 30.1 Å². The van der Waals surface area contributed by atoms with E-state index >= 15 is 0 Å². The third kappa shape index (κ3) is 1.35. The van der Waals surface area contributed by atoms with E-state index in [4.69, 9.17) is 0 Å². The monoisotopic (exact) mass is 214 g/mol. The molecule has 3 rings (SSSR count). The largest absolute Gasteiger partial charge is 0.325 e. The molecule has 1 heterocycles. The van der Waals surface area contributed by atoms with Crippen molar-refractivity contribution in [2.45, 2.75) is 32.2 Å². The molecule has 0 radical (unpaired) electrons. The van der Waals surface area contributed by atoms with Gasteiger partial charge in [-0.1, -0.05) is 12.1 Å². The van der Waals surface area contributed by atoms with Gasteiger partial charge in [-0.05, 0) is 25.5 Å². The fourth-order valence-electron chi connectivity index (χ4n) is 2.64. The SMILES string of the molecule is Cc1nc2ccccc2n1C1CCC(=O)C1. The minimum Gasteiger partial charge on any atom is -0.325 e. The van der Waals surface area contributed by atoms with Gasteiger partial charge in [-0.2, -0.15) is 0 Å². The summed E-state index contributed by atoms with van der Waals surface area (Å²) in [5.74, 6) is 1.39. The summed E-state index contributed by atoms with van der Waals surface area (Å²) in [5.41, 5.74) is 2.18. The lowest BCUT2D eigenvalue weighted by molar-refractivity contribution is -0.117. The van der Waals surface area contributed by atoms with Gasteiger partial charge in [0.15, 0.2) is 0 Å². The number of imidazole rings is 1. The first-order chi connectivity index (χ1) is 7.75. The van der Waals surface area contributed by atoms with E-state index in [1.54, 1.807) is 0 Å². The molecule has 0 spiro atoms. The molecule has 2 aromatic rings. The molecule has 3 heteroatoms. The van der Waals surface area contributed by atoms with Gasteiger partial charge in [0.05, 0.1) is 11.0 Å². The van der Waals surface area contributed by atoms with E-state index in [1.807, 2.05) is 25.1 Å². The molecule has 1 aliphatic rings. The number of hydrogen-bond donors (Lipinski definition) is 0. The number of para-hydroxylation sites is 2. The summed E-state index contributed by atoms with van der Waals surface area (Å²) in [5, 5.41) is 0. The molecular formula is C13H14N2O. The summed E-state index contributed by atoms with van der Waals surface area (Å²) in [7, 11) is 0. The summed E-state index contributed by atoms with van der Waals surface area (Å²) in [6.45, 7) is 2.02. The van der Waals surface area contributed by atoms with Gasteiger partial charge >= 0.3 is 0 Å². The zero-order valence-electron chi connectivity index (χ0n) is 9.31. The molecule has 1 atom stereocenters. The quantitative estimate of drug-likeness (QED) is 0.731. The number of nitrogens with zero attached hydrogens (tertiary/aromatic N) is 2. The first-order valence-corrected chi connectivity index (χ1v) is 5.71. The minimum absolute atomic E-state index is 0.319. The van der Waals surface area contributed by atoms with Crippen LogP contribution in [0.25, 0.3) is 11.0 Å². The zero-order chi connectivity index (χ0) is 11.1. The van der Waals surface area contributed by atoms with Crippen LogP contribution < -0.4 is 0 Å². The fraction of sp³-hybridized carbons (Fsp3) is 0.385. The van der Waals surface area contributed by atoms with Crippen molar-refractivity contribution in [1.82, 2.24) is 9.55 Å². The van der Waals surface area contributed by atoms with Crippen LogP contribution in [0.15, 0.2) is 24.3 Å². The van der Waals surface area contributed by atoms with Gasteiger partial charge < -0.3 is 4.57 Å². The predicted molar refractivity (Wildman–Crippen MR) is 62.4 cm³/mol. The Morgan fingerprint density at radius 3 is 2.94 bits per heavy atom. The average molecular weight is 214 g/mol. The number of hydrogen-bond acceptors (Lipinski definition) is 2. The van der Waals surface area contributed by atoms with Gasteiger partial charge in [-0.15, -0.1) is 0 Å². The Kier molecular flexibility index (Phi) is 2.06. The Morgan fingerprint density at radius 1 is 1.38 bits per heavy atom. The van der Waals surface area contributed by atoms with Gasteiger partial charge in [-0.3, -0.25) is 4.79 Å². The Bertz CT molecular complexity index is 556. The van der Waals surface area contributed by atoms with Crippen molar-refractivity contribution in [2.24, 2.45) is 0 Å². The third-order valence-electron chi connectivity index (χ3n) is 3.36. The molecule has 82 valence electrons. The summed E-state index contributed by atoms with van der Waals surface area (Å²) < 4.78 is 2.22. The molecular weight excluding hydrogens is 200 g/mol. The number of carbonyl (C=O) groups excluding carboxylic acids is 1. The van der Waals surface area contributed by atoms with Crippen molar-refractivity contribution in [2.75, 3.05) is 0 Å². The van der Waals surface area contributed by atoms with Gasteiger partial charge in [0.2, 0.25) is 0 Å². The van der Waals surface area contributed by atoms with Crippen molar-refractivity contribution >= 4 is 16.8 Å². The third-order valence-corrected chi connectivity index (χ3v) is 3.36. The van der Waals surface area contributed by atoms with Gasteiger partial charge in [0, 0.05) is 18.9 Å². The number of rotatable bonds is 1. The lowest BCUT2D eigenvalue weighted by Gasteiger charge is -2.13. The summed E-state index contributed by atoms with van der Waals surface area (Å²) >= 11 is 0. The first kappa shape index (κ1) is 9.58. The molecule has 0 bridgehead atoms. The van der Waals surface area contributed by atoms with Crippen LogP contribution in [0.4, 0.5) is 0 Å². The van der Waals surface area contributed by atoms with Gasteiger partial charge in [-0.25, -0.2) is 4.98 Å². The summed E-state index contributed by atoms with van der Waals surface area (Å²) in [6.07, 6.45) is 2.35. The lowest BCUT2D eigenvalue weighted by Crippen LogP contribution is -2.07. The highest BCUT2D eigenvalue weighted by atomic mass is 16.1. The van der Waals surface area contributed by atoms with Crippen molar-refractivity contribution in [3.63, 3.8) is 0 Å². The molecule has 16 heavy (non-hydrogen) atoms. The highest BCUT2D eigenvalue weighted by Crippen LogP contribution is 2.31. The molecule has 1 fully saturated rings. The van der Waals surface area contributed by atoms with Crippen molar-refractivity contribution in [3.8, 4) is 0 Å². The number of benzene rings is 1. The fourth-order valence-corrected chi connectivity index (χ4v) is 2.64. The van der Waals surface area contributed by atoms with Gasteiger partial charge in [0.1, 0.15) is 11.6 Å². The maximum atomic E-state index is 11.4. The molecule has 0 aliphatic heterocycles. The van der Waals surface area contributed by atoms with E-state index in [0.717, 1.165) is 29.7 Å². The zero-order valence-corrected chi connectivity index (χ0v) is 9.31. The highest BCUT2D eigenvalue weighted by Gasteiger charge is 2.25. The highest BCUT2D eigenvalue weighted by molar-refractivity contribution is 5.82. The Morgan fingerprint density at radius 2 is 2.19 bits per heavy atom. The van der Waals surface area contributed by atoms with Crippen LogP contribution >= 0.6 is 0 Å². The first-order valence-electron chi connectivity index (χ1n) is 5.71. The van der Waals surface area contributed by atoms with E-state index in [0.29, 0.717) is 18.2 Å². The van der Waals surface area contributed by atoms with Crippen LogP contribution in [0.3, 0.4) is 0 Å². The smallest absolute Gasteiger partial charge is 0.135 e. The number of ketones is 1. The number of aromatic nitrogens is 2. The lowest BCUT2D eigenvalue weighted by atomic mass is 10.2. The van der Waals surface area contributed by atoms with Crippen LogP contribution in [-0.4, -0.2) is 15.3 Å². The van der Waals surface area contributed by atoms with E-state index in [-0.39, 0.29) is 0 Å². The van der Waals surface area contributed by atoms with Crippen LogP contribution in [0.5, 0.6) is 0 Å². The van der Waals surface area contributed by atoms with Crippen LogP contribution in [0.1, 0.15) is 31.1 Å². The molecule has 3 nitrogen and oxygen atoms in total. The second kappa shape index (κ2) is 3.44. The number of Topliss-reactive ketones (excluding diaryl/α,β-unsaturated/α-hetero) is 1. The van der Waals surface area contributed by atoms with E-state index in [9.17, 15) is 4.79 Å². The molecule has 1 unspecified atom stereocenters. The Hall–Kier alpha value is -1.64. The maximum Gasteiger partial charge on any atom is 0.135 e. The molecule has 1 aromatic heterocycles. The van der Waals surface area contributed by atoms with E-state index in [1.165, 1.54) is 0 Å². The molecule has 0 saturated heterocycles. The predicted octanol–water partition coefficient (Wildman–Crippen LogP) is 2.64. The van der Waals surface area contributed by atoms with Crippen LogP contribution in [-0.2, 0) is 4.79 Å². The Balaban J connectivity index is 2.15. The minimum atomic E-state index is 0.319. The standard InChI is InChI=1S/C13H14N2O/c1-9-14-12-4-2-3-5-13(12)15(9)10-6-7-11(16)8-10/h2-5,10H,6-8H2,1H3. The van der Waals surface area contributed by atoms with Crippen LogP contribution in [0.2, 0.25) is 0 Å². The maximum absolute atomic E-state index is 11.4. The van der Waals surface area contributed by atoms with Crippen molar-refractivity contribution < 1.29 is 4.79 Å². The number of fused-ring (bicyclic) bond motifs is 1. The summed E-state index contributed by atoms with van der Waals surface area (Å²) in [6, 6.07) is 8.45. The molecule has 1 saturated carbocycles. The topological polar surface area (TPSA) is 34.9 Å². The van der Waals surface area contributed by atoms with E-state index in [2.05, 4.69) is 15.6 Å². The Labute approximate surface area is 94.1 Å². The molecule has 1 aliphatic carbocycles. The molecule has 1 aromatic carbocycles. The van der Waals surface area contributed by atoms with Crippen LogP contribution in [0, 0.1) is 6.92 Å². The summed E-state index contributed by atoms with van der Waals surface area (Å²) in [4.78, 5) is 15.9. The molecule has 0 N–H and O–H groups in total. The molecule has 0 amide bonds. The van der Waals surface area contributed by atoms with Crippen molar-refractivity contribution in [1.29, 1.82) is 0 Å². The van der Waals surface area contributed by atoms with E-state index < -0.39 is 0 Å². The normalized spacial score (nSPS) is 20.8. The second-order valence-electron chi connectivity index (χ2n) is 4.45. The second-order valence-corrected chi connectivity index (χ2v) is 4.45. The van der Waals surface area contributed by atoms with Gasteiger partial charge in [0.25, 0.3) is 0 Å². The number of carbonyl (C=O) groups is 1. The average Bonchev–Trinajstić information content (AvgIpc) is 2.80. The number of aryl methyl sites for hydroxylation is 1.